The van der Waals surface area contributed by atoms with E-state index in [1.807, 2.05) is 47.1 Å². The van der Waals surface area contributed by atoms with Crippen molar-refractivity contribution in [2.45, 2.75) is 0 Å². The Morgan fingerprint density at radius 2 is 1.84 bits per heavy atom. The zero-order valence-electron chi connectivity index (χ0n) is 10.5. The van der Waals surface area contributed by atoms with Crippen LogP contribution >= 0.6 is 0 Å². The van der Waals surface area contributed by atoms with Crippen LogP contribution in [0.5, 0.6) is 5.75 Å². The topological polar surface area (TPSA) is 30.7 Å². The molecule has 3 heteroatoms. The number of aldehydes is 1. The molecule has 3 rings (SSSR count). The summed E-state index contributed by atoms with van der Waals surface area (Å²) in [6.07, 6.45) is 4.80. The van der Waals surface area contributed by atoms with Gasteiger partial charge in [-0.2, -0.15) is 0 Å². The number of ether oxygens (including phenoxy) is 1. The second-order valence-corrected chi connectivity index (χ2v) is 4.37. The van der Waals surface area contributed by atoms with Gasteiger partial charge in [0.15, 0.2) is 0 Å². The van der Waals surface area contributed by atoms with Crippen molar-refractivity contribution in [3.63, 3.8) is 0 Å². The van der Waals surface area contributed by atoms with E-state index in [2.05, 4.69) is 6.07 Å². The lowest BCUT2D eigenvalue weighted by molar-refractivity contribution is 0.112. The zero-order chi connectivity index (χ0) is 13.2. The predicted octanol–water partition coefficient (Wildman–Crippen LogP) is 3.43. The third-order valence-corrected chi connectivity index (χ3v) is 3.18. The van der Waals surface area contributed by atoms with Crippen molar-refractivity contribution in [3.05, 3.63) is 60.4 Å². The Labute approximate surface area is 111 Å². The normalized spacial score (nSPS) is 10.6. The molecule has 0 fully saturated rings. The van der Waals surface area contributed by atoms with Gasteiger partial charge in [-0.3, -0.25) is 4.79 Å². The van der Waals surface area contributed by atoms with Crippen molar-refractivity contribution < 1.29 is 9.53 Å². The number of carbonyl (C=O) groups excluding carboxylic acids is 1. The minimum atomic E-state index is 0.687. The average molecular weight is 251 g/mol. The molecule has 0 saturated heterocycles. The maximum atomic E-state index is 10.8. The van der Waals surface area contributed by atoms with E-state index in [1.54, 1.807) is 13.2 Å². The second-order valence-electron chi connectivity index (χ2n) is 4.37. The van der Waals surface area contributed by atoms with Crippen molar-refractivity contribution in [1.82, 2.24) is 4.40 Å². The molecule has 0 saturated carbocycles. The maximum absolute atomic E-state index is 10.8. The van der Waals surface area contributed by atoms with Gasteiger partial charge in [-0.25, -0.2) is 0 Å². The van der Waals surface area contributed by atoms with E-state index in [9.17, 15) is 4.79 Å². The van der Waals surface area contributed by atoms with Crippen LogP contribution in [0.25, 0.3) is 16.6 Å². The predicted molar refractivity (Wildman–Crippen MR) is 74.8 cm³/mol. The van der Waals surface area contributed by atoms with E-state index >= 15 is 0 Å². The molecule has 0 bridgehead atoms. The van der Waals surface area contributed by atoms with Gasteiger partial charge in [-0.1, -0.05) is 12.1 Å². The summed E-state index contributed by atoms with van der Waals surface area (Å²) in [5.74, 6) is 0.843. The second kappa shape index (κ2) is 4.61. The van der Waals surface area contributed by atoms with Crippen LogP contribution in [-0.2, 0) is 0 Å². The standard InChI is InChI=1S/C16H13NO2/c1-19-16-4-2-13(3-5-16)14-9-15-8-12(11-18)6-7-17(15)10-14/h2-11H,1H3. The number of benzene rings is 1. The SMILES string of the molecule is COc1ccc(-c2cc3cc(C=O)ccn3c2)cc1. The number of hydrogen-bond donors (Lipinski definition) is 0. The molecule has 2 heterocycles. The van der Waals surface area contributed by atoms with Gasteiger partial charge < -0.3 is 9.14 Å². The minimum absolute atomic E-state index is 0.687. The number of fused-ring (bicyclic) bond motifs is 1. The molecule has 0 aliphatic carbocycles. The largest absolute Gasteiger partial charge is 0.497 e. The molecule has 0 aliphatic heterocycles. The lowest BCUT2D eigenvalue weighted by Gasteiger charge is -2.00. The third-order valence-electron chi connectivity index (χ3n) is 3.18. The summed E-state index contributed by atoms with van der Waals surface area (Å²) in [6, 6.07) is 13.7. The van der Waals surface area contributed by atoms with Crippen molar-refractivity contribution in [1.29, 1.82) is 0 Å². The summed E-state index contributed by atoms with van der Waals surface area (Å²) in [6.45, 7) is 0. The van der Waals surface area contributed by atoms with E-state index in [0.717, 1.165) is 28.7 Å². The molecule has 0 unspecified atom stereocenters. The highest BCUT2D eigenvalue weighted by molar-refractivity contribution is 5.79. The van der Waals surface area contributed by atoms with Crippen LogP contribution in [0.2, 0.25) is 0 Å². The number of carbonyl (C=O) groups is 1. The summed E-state index contributed by atoms with van der Waals surface area (Å²) in [4.78, 5) is 10.8. The first-order valence-electron chi connectivity index (χ1n) is 6.01. The van der Waals surface area contributed by atoms with Crippen LogP contribution in [0.15, 0.2) is 54.9 Å². The highest BCUT2D eigenvalue weighted by Gasteiger charge is 2.03. The number of pyridine rings is 1. The molecule has 0 radical (unpaired) electrons. The molecule has 19 heavy (non-hydrogen) atoms. The lowest BCUT2D eigenvalue weighted by Crippen LogP contribution is -1.84. The fourth-order valence-corrected chi connectivity index (χ4v) is 2.14. The van der Waals surface area contributed by atoms with Crippen molar-refractivity contribution >= 4 is 11.8 Å². The highest BCUT2D eigenvalue weighted by Crippen LogP contribution is 2.25. The molecule has 0 aliphatic rings. The Morgan fingerprint density at radius 1 is 1.05 bits per heavy atom. The van der Waals surface area contributed by atoms with Crippen LogP contribution < -0.4 is 4.74 Å². The fraction of sp³-hybridized carbons (Fsp3) is 0.0625. The Bertz CT molecular complexity index is 726. The summed E-state index contributed by atoms with van der Waals surface area (Å²) in [7, 11) is 1.66. The Hall–Kier alpha value is -2.55. The van der Waals surface area contributed by atoms with Gasteiger partial charge in [0.25, 0.3) is 0 Å². The minimum Gasteiger partial charge on any atom is -0.497 e. The van der Waals surface area contributed by atoms with Crippen molar-refractivity contribution in [3.8, 4) is 16.9 Å². The van der Waals surface area contributed by atoms with Crippen molar-refractivity contribution in [2.75, 3.05) is 7.11 Å². The van der Waals surface area contributed by atoms with Crippen LogP contribution in [0.4, 0.5) is 0 Å². The Morgan fingerprint density at radius 3 is 2.53 bits per heavy atom. The van der Waals surface area contributed by atoms with E-state index in [0.29, 0.717) is 5.56 Å². The van der Waals surface area contributed by atoms with Gasteiger partial charge in [0.1, 0.15) is 12.0 Å². The van der Waals surface area contributed by atoms with E-state index < -0.39 is 0 Å². The Kier molecular flexibility index (Phi) is 2.80. The quantitative estimate of drug-likeness (QED) is 0.668. The molecular formula is C16H13NO2. The van der Waals surface area contributed by atoms with Crippen molar-refractivity contribution in [2.24, 2.45) is 0 Å². The zero-order valence-corrected chi connectivity index (χ0v) is 10.5. The number of hydrogen-bond acceptors (Lipinski definition) is 2. The summed E-state index contributed by atoms with van der Waals surface area (Å²) < 4.78 is 7.16. The monoisotopic (exact) mass is 251 g/mol. The van der Waals surface area contributed by atoms with Gasteiger partial charge in [0.05, 0.1) is 7.11 Å². The summed E-state index contributed by atoms with van der Waals surface area (Å²) in [5.41, 5.74) is 3.94. The third kappa shape index (κ3) is 2.10. The summed E-state index contributed by atoms with van der Waals surface area (Å²) in [5, 5.41) is 0. The molecule has 0 spiro atoms. The van der Waals surface area contributed by atoms with Crippen LogP contribution in [0.1, 0.15) is 10.4 Å². The highest BCUT2D eigenvalue weighted by atomic mass is 16.5. The molecule has 3 aromatic rings. The molecule has 0 atom stereocenters. The molecule has 2 aromatic heterocycles. The fourth-order valence-electron chi connectivity index (χ4n) is 2.14. The number of nitrogens with zero attached hydrogens (tertiary/aromatic N) is 1. The number of methoxy groups -OCH3 is 1. The van der Waals surface area contributed by atoms with Crippen LogP contribution in [-0.4, -0.2) is 17.8 Å². The molecule has 0 amide bonds. The lowest BCUT2D eigenvalue weighted by atomic mass is 10.1. The van der Waals surface area contributed by atoms with Crippen LogP contribution in [0.3, 0.4) is 0 Å². The number of rotatable bonds is 3. The molecule has 0 N–H and O–H groups in total. The van der Waals surface area contributed by atoms with E-state index in [1.165, 1.54) is 0 Å². The maximum Gasteiger partial charge on any atom is 0.150 e. The first-order chi connectivity index (χ1) is 9.30. The molecular weight excluding hydrogens is 238 g/mol. The summed E-state index contributed by atoms with van der Waals surface area (Å²) >= 11 is 0. The van der Waals surface area contributed by atoms with E-state index in [4.69, 9.17) is 4.74 Å². The molecule has 3 nitrogen and oxygen atoms in total. The molecule has 1 aromatic carbocycles. The number of aromatic nitrogens is 1. The first kappa shape index (κ1) is 11.5. The van der Waals surface area contributed by atoms with Gasteiger partial charge in [-0.15, -0.1) is 0 Å². The van der Waals surface area contributed by atoms with Gasteiger partial charge in [0, 0.05) is 29.0 Å². The van der Waals surface area contributed by atoms with Gasteiger partial charge >= 0.3 is 0 Å². The van der Waals surface area contributed by atoms with Crippen LogP contribution in [0, 0.1) is 0 Å². The Balaban J connectivity index is 2.06. The van der Waals surface area contributed by atoms with E-state index in [-0.39, 0.29) is 0 Å². The van der Waals surface area contributed by atoms with Gasteiger partial charge in [0.2, 0.25) is 0 Å². The molecule has 94 valence electrons. The van der Waals surface area contributed by atoms with Gasteiger partial charge in [-0.05, 0) is 35.9 Å². The smallest absolute Gasteiger partial charge is 0.150 e. The average Bonchev–Trinajstić information content (AvgIpc) is 2.90. The first-order valence-corrected chi connectivity index (χ1v) is 6.01.